The fraction of sp³-hybridized carbons (Fsp3) is 0.243. The predicted molar refractivity (Wildman–Crippen MR) is 179 cm³/mol. The molecule has 0 saturated carbocycles. The number of nitrogens with one attached hydrogen (secondary N) is 2. The van der Waals surface area contributed by atoms with E-state index in [1.807, 2.05) is 72.8 Å². The van der Waals surface area contributed by atoms with Crippen LogP contribution in [0.4, 0.5) is 0 Å². The van der Waals surface area contributed by atoms with Crippen molar-refractivity contribution in [2.45, 2.75) is 58.3 Å². The summed E-state index contributed by atoms with van der Waals surface area (Å²) in [5.74, 6) is -0.315. The Kier molecular flexibility index (Phi) is 8.17. The van der Waals surface area contributed by atoms with Crippen LogP contribution in [0.3, 0.4) is 0 Å². The Labute approximate surface area is 262 Å². The first-order valence-electron chi connectivity index (χ1n) is 14.2. The lowest BCUT2D eigenvalue weighted by atomic mass is 9.86. The van der Waals surface area contributed by atoms with E-state index in [1.54, 1.807) is 0 Å². The summed E-state index contributed by atoms with van der Waals surface area (Å²) >= 11 is 2.30. The first-order valence-corrected chi connectivity index (χ1v) is 15.3. The highest BCUT2D eigenvalue weighted by atomic mass is 127. The summed E-state index contributed by atoms with van der Waals surface area (Å²) in [6.45, 7) is 13.0. The molecule has 0 amide bonds. The number of aromatic nitrogens is 2. The third-order valence-electron chi connectivity index (χ3n) is 7.76. The van der Waals surface area contributed by atoms with Crippen molar-refractivity contribution in [1.29, 1.82) is 0 Å². The lowest BCUT2D eigenvalue weighted by molar-refractivity contribution is 0.102. The summed E-state index contributed by atoms with van der Waals surface area (Å²) in [7, 11) is 0. The molecule has 0 saturated heterocycles. The molecule has 2 aromatic heterocycles. The van der Waals surface area contributed by atoms with Gasteiger partial charge < -0.3 is 9.97 Å². The normalized spacial score (nSPS) is 12.1. The van der Waals surface area contributed by atoms with E-state index in [2.05, 4.69) is 98.4 Å². The van der Waals surface area contributed by atoms with Crippen LogP contribution in [0.15, 0.2) is 97.1 Å². The van der Waals surface area contributed by atoms with Crippen LogP contribution in [-0.2, 0) is 10.8 Å². The number of halogens is 1. The molecule has 214 valence electrons. The molecule has 5 rings (SSSR count). The van der Waals surface area contributed by atoms with Crippen molar-refractivity contribution in [2.75, 3.05) is 0 Å². The Balaban J connectivity index is 1.46. The largest absolute Gasteiger partial charge is 0.355 e. The maximum Gasteiger partial charge on any atom is 0.209 e. The summed E-state index contributed by atoms with van der Waals surface area (Å²) in [5.41, 5.74) is 7.59. The van der Waals surface area contributed by atoms with E-state index in [-0.39, 0.29) is 28.3 Å². The fourth-order valence-corrected chi connectivity index (χ4v) is 5.52. The van der Waals surface area contributed by atoms with Gasteiger partial charge in [-0.15, -0.1) is 0 Å². The minimum atomic E-state index is -0.211. The number of aromatic amines is 2. The number of hydrogen-bond acceptors (Lipinski definition) is 2. The Morgan fingerprint density at radius 2 is 0.929 bits per heavy atom. The highest BCUT2D eigenvalue weighted by molar-refractivity contribution is 14.1. The number of benzene rings is 3. The molecule has 0 aliphatic heterocycles. The van der Waals surface area contributed by atoms with Crippen LogP contribution in [0.1, 0.15) is 108 Å². The van der Waals surface area contributed by atoms with E-state index in [0.717, 1.165) is 20.5 Å². The average molecular weight is 669 g/mol. The molecule has 0 unspecified atom stereocenters. The summed E-state index contributed by atoms with van der Waals surface area (Å²) in [6.07, 6.45) is 0. The first-order chi connectivity index (χ1) is 19.8. The van der Waals surface area contributed by atoms with Crippen LogP contribution in [0.2, 0.25) is 0 Å². The molecule has 5 heteroatoms. The Morgan fingerprint density at radius 1 is 0.548 bits per heavy atom. The number of carbonyl (C=O) groups is 2. The van der Waals surface area contributed by atoms with Crippen LogP contribution >= 0.6 is 22.6 Å². The summed E-state index contributed by atoms with van der Waals surface area (Å²) in [6, 6.07) is 31.7. The third-order valence-corrected chi connectivity index (χ3v) is 8.48. The van der Waals surface area contributed by atoms with Gasteiger partial charge in [-0.05, 0) is 86.5 Å². The number of carbonyl (C=O) groups excluding carboxylic acids is 2. The molecule has 0 bridgehead atoms. The smallest absolute Gasteiger partial charge is 0.209 e. The van der Waals surface area contributed by atoms with Gasteiger partial charge in [0.15, 0.2) is 0 Å². The number of H-pyrrole nitrogens is 2. The molecule has 0 aliphatic carbocycles. The SMILES string of the molecule is CC(C)(C)c1ccc(C(=O)c2ccc(C(c3ccc(I)cc3)c3ccc(C(=O)c4ccc(C(C)(C)C)cc4)[nH]3)[nH]2)cc1. The number of rotatable bonds is 7. The Morgan fingerprint density at radius 3 is 1.29 bits per heavy atom. The van der Waals surface area contributed by atoms with Gasteiger partial charge in [-0.25, -0.2) is 0 Å². The molecular formula is C37H37IN2O2. The van der Waals surface area contributed by atoms with Gasteiger partial charge in [0.2, 0.25) is 11.6 Å². The van der Waals surface area contributed by atoms with E-state index >= 15 is 0 Å². The van der Waals surface area contributed by atoms with Crippen molar-refractivity contribution in [3.8, 4) is 0 Å². The third kappa shape index (κ3) is 6.36. The quantitative estimate of drug-likeness (QED) is 0.134. The molecule has 0 atom stereocenters. The molecule has 0 radical (unpaired) electrons. The minimum absolute atomic E-state index is 0.0219. The predicted octanol–water partition coefficient (Wildman–Crippen LogP) is 9.18. The molecule has 0 aliphatic rings. The lowest BCUT2D eigenvalue weighted by Gasteiger charge is -2.19. The molecule has 3 aromatic carbocycles. The van der Waals surface area contributed by atoms with Crippen molar-refractivity contribution in [2.24, 2.45) is 0 Å². The Hall–Kier alpha value is -3.71. The zero-order valence-corrected chi connectivity index (χ0v) is 27.2. The Bertz CT molecular complexity index is 1600. The van der Waals surface area contributed by atoms with Crippen LogP contribution < -0.4 is 0 Å². The second-order valence-electron chi connectivity index (χ2n) is 13.0. The monoisotopic (exact) mass is 668 g/mol. The average Bonchev–Trinajstić information content (AvgIpc) is 3.64. The summed E-state index contributed by atoms with van der Waals surface area (Å²) < 4.78 is 1.14. The van der Waals surface area contributed by atoms with Gasteiger partial charge in [-0.3, -0.25) is 9.59 Å². The molecule has 2 heterocycles. The lowest BCUT2D eigenvalue weighted by Crippen LogP contribution is -2.12. The number of hydrogen-bond donors (Lipinski definition) is 2. The molecule has 0 fully saturated rings. The highest BCUT2D eigenvalue weighted by Gasteiger charge is 2.24. The fourth-order valence-electron chi connectivity index (χ4n) is 5.16. The van der Waals surface area contributed by atoms with Gasteiger partial charge in [0.05, 0.1) is 17.3 Å². The van der Waals surface area contributed by atoms with Gasteiger partial charge in [0, 0.05) is 26.1 Å². The highest BCUT2D eigenvalue weighted by Crippen LogP contribution is 2.33. The summed E-state index contributed by atoms with van der Waals surface area (Å²) in [4.78, 5) is 33.6. The van der Waals surface area contributed by atoms with E-state index < -0.39 is 0 Å². The van der Waals surface area contributed by atoms with E-state index in [9.17, 15) is 9.59 Å². The summed E-state index contributed by atoms with van der Waals surface area (Å²) in [5, 5.41) is 0. The minimum Gasteiger partial charge on any atom is -0.355 e. The molecule has 4 nitrogen and oxygen atoms in total. The second-order valence-corrected chi connectivity index (χ2v) is 14.2. The van der Waals surface area contributed by atoms with E-state index in [0.29, 0.717) is 22.5 Å². The zero-order chi connectivity index (χ0) is 30.2. The molecule has 5 aromatic rings. The second kappa shape index (κ2) is 11.5. The molecule has 2 N–H and O–H groups in total. The van der Waals surface area contributed by atoms with Crippen molar-refractivity contribution >= 4 is 34.2 Å². The van der Waals surface area contributed by atoms with Crippen LogP contribution in [0, 0.1) is 3.57 Å². The standard InChI is InChI=1S/C37H37IN2O2/c1-36(2,3)26-13-7-24(8-14-26)34(41)31-21-19-29(39-31)33(23-11-17-28(38)18-12-23)30-20-22-32(40-30)35(42)25-9-15-27(16-10-25)37(4,5)6/h7-22,33,39-40H,1-6H3. The topological polar surface area (TPSA) is 65.7 Å². The number of ketones is 2. The van der Waals surface area contributed by atoms with Gasteiger partial charge in [0.25, 0.3) is 0 Å². The van der Waals surface area contributed by atoms with Crippen molar-refractivity contribution in [3.63, 3.8) is 0 Å². The van der Waals surface area contributed by atoms with Gasteiger partial charge >= 0.3 is 0 Å². The van der Waals surface area contributed by atoms with Crippen molar-refractivity contribution < 1.29 is 9.59 Å². The molecular weight excluding hydrogens is 631 g/mol. The van der Waals surface area contributed by atoms with Crippen LogP contribution in [-0.4, -0.2) is 21.5 Å². The van der Waals surface area contributed by atoms with Crippen molar-refractivity contribution in [1.82, 2.24) is 9.97 Å². The maximum atomic E-state index is 13.4. The van der Waals surface area contributed by atoms with Gasteiger partial charge in [-0.2, -0.15) is 0 Å². The van der Waals surface area contributed by atoms with E-state index in [4.69, 9.17) is 0 Å². The van der Waals surface area contributed by atoms with Crippen LogP contribution in [0.25, 0.3) is 0 Å². The van der Waals surface area contributed by atoms with Crippen LogP contribution in [0.5, 0.6) is 0 Å². The maximum absolute atomic E-state index is 13.4. The first kappa shape index (κ1) is 29.8. The van der Waals surface area contributed by atoms with Crippen molar-refractivity contribution in [3.05, 3.63) is 151 Å². The molecule has 0 spiro atoms. The zero-order valence-electron chi connectivity index (χ0n) is 25.0. The van der Waals surface area contributed by atoms with Gasteiger partial charge in [0.1, 0.15) is 0 Å². The molecule has 42 heavy (non-hydrogen) atoms. The van der Waals surface area contributed by atoms with E-state index in [1.165, 1.54) is 11.1 Å². The van der Waals surface area contributed by atoms with Gasteiger partial charge in [-0.1, -0.05) is 102 Å².